The molecule has 0 saturated heterocycles. The summed E-state index contributed by atoms with van der Waals surface area (Å²) in [6, 6.07) is 0. The van der Waals surface area contributed by atoms with Gasteiger partial charge in [-0.3, -0.25) is 9.89 Å². The minimum atomic E-state index is -0.717. The van der Waals surface area contributed by atoms with Crippen LogP contribution >= 0.6 is 11.8 Å². The quantitative estimate of drug-likeness (QED) is 0.775. The van der Waals surface area contributed by atoms with Crippen LogP contribution in [0.15, 0.2) is 17.2 Å². The summed E-state index contributed by atoms with van der Waals surface area (Å²) in [6.07, 6.45) is 4.51. The number of hydrogen-bond acceptors (Lipinski definition) is 5. The number of nitrogens with zero attached hydrogens (tertiary/aromatic N) is 2. The molecule has 1 aliphatic carbocycles. The molecule has 0 amide bonds. The molecule has 0 bridgehead atoms. The van der Waals surface area contributed by atoms with Gasteiger partial charge in [0.05, 0.1) is 6.20 Å². The molecule has 0 spiro atoms. The van der Waals surface area contributed by atoms with Crippen molar-refractivity contribution in [3.05, 3.63) is 28.4 Å². The van der Waals surface area contributed by atoms with Crippen LogP contribution in [-0.2, 0) is 0 Å². The zero-order valence-corrected chi connectivity index (χ0v) is 12.0. The molecule has 1 aromatic rings. The minimum Gasteiger partial charge on any atom is -0.383 e. The standard InChI is InChI=1S/C13H19N3O2S/c1-16(2)5-3-4-6-19-11-7-10(17)12-9(13(11)18)8-14-15-12/h7-8,13,18H,3-6H2,1-2H3,(H,14,15). The summed E-state index contributed by atoms with van der Waals surface area (Å²) in [7, 11) is 4.11. The Morgan fingerprint density at radius 3 is 3.00 bits per heavy atom. The first-order chi connectivity index (χ1) is 9.09. The maximum absolute atomic E-state index is 11.8. The molecule has 104 valence electrons. The third-order valence-corrected chi connectivity index (χ3v) is 4.19. The first-order valence-electron chi connectivity index (χ1n) is 6.34. The third-order valence-electron chi connectivity index (χ3n) is 3.02. The van der Waals surface area contributed by atoms with E-state index in [0.29, 0.717) is 11.3 Å². The molecule has 19 heavy (non-hydrogen) atoms. The van der Waals surface area contributed by atoms with Crippen LogP contribution in [0.5, 0.6) is 0 Å². The molecule has 2 N–H and O–H groups in total. The summed E-state index contributed by atoms with van der Waals surface area (Å²) < 4.78 is 0. The molecule has 1 heterocycles. The number of fused-ring (bicyclic) bond motifs is 1. The lowest BCUT2D eigenvalue weighted by Crippen LogP contribution is -2.14. The number of ketones is 1. The van der Waals surface area contributed by atoms with Crippen molar-refractivity contribution >= 4 is 17.5 Å². The average Bonchev–Trinajstić information content (AvgIpc) is 2.84. The molecule has 5 nitrogen and oxygen atoms in total. The lowest BCUT2D eigenvalue weighted by Gasteiger charge is -2.18. The fourth-order valence-electron chi connectivity index (χ4n) is 1.97. The van der Waals surface area contributed by atoms with E-state index in [2.05, 4.69) is 29.2 Å². The van der Waals surface area contributed by atoms with Crippen LogP contribution in [0, 0.1) is 0 Å². The van der Waals surface area contributed by atoms with Gasteiger partial charge in [0.2, 0.25) is 5.78 Å². The van der Waals surface area contributed by atoms with Gasteiger partial charge < -0.3 is 10.0 Å². The monoisotopic (exact) mass is 281 g/mol. The number of unbranched alkanes of at least 4 members (excludes halogenated alkanes) is 1. The van der Waals surface area contributed by atoms with Crippen molar-refractivity contribution in [1.29, 1.82) is 0 Å². The topological polar surface area (TPSA) is 69.2 Å². The van der Waals surface area contributed by atoms with E-state index in [0.717, 1.165) is 30.0 Å². The zero-order chi connectivity index (χ0) is 13.8. The number of allylic oxidation sites excluding steroid dienone is 1. The SMILES string of the molecule is CN(C)CCCCSC1=CC(=O)c2[nH]ncc2C1O. The summed E-state index contributed by atoms with van der Waals surface area (Å²) in [5.41, 5.74) is 0.993. The van der Waals surface area contributed by atoms with Crippen molar-refractivity contribution in [1.82, 2.24) is 15.1 Å². The molecule has 1 atom stereocenters. The summed E-state index contributed by atoms with van der Waals surface area (Å²) in [5.74, 6) is 0.811. The van der Waals surface area contributed by atoms with Crippen LogP contribution in [0.25, 0.3) is 0 Å². The third kappa shape index (κ3) is 3.46. The zero-order valence-electron chi connectivity index (χ0n) is 11.2. The van der Waals surface area contributed by atoms with Gasteiger partial charge in [0.1, 0.15) is 11.8 Å². The first-order valence-corrected chi connectivity index (χ1v) is 7.33. The number of nitrogens with one attached hydrogen (secondary N) is 1. The van der Waals surface area contributed by atoms with Crippen LogP contribution in [-0.4, -0.2) is 52.4 Å². The number of thioether (sulfide) groups is 1. The second-order valence-corrected chi connectivity index (χ2v) is 6.04. The highest BCUT2D eigenvalue weighted by atomic mass is 32.2. The lowest BCUT2D eigenvalue weighted by molar-refractivity contribution is 0.102. The van der Waals surface area contributed by atoms with E-state index in [1.165, 1.54) is 12.3 Å². The molecule has 0 aromatic carbocycles. The number of carbonyl (C=O) groups is 1. The Labute approximate surface area is 117 Å². The summed E-state index contributed by atoms with van der Waals surface area (Å²) >= 11 is 1.56. The number of aliphatic hydroxyl groups is 1. The maximum atomic E-state index is 11.8. The van der Waals surface area contributed by atoms with Crippen LogP contribution < -0.4 is 0 Å². The van der Waals surface area contributed by atoms with Crippen molar-refractivity contribution < 1.29 is 9.90 Å². The fourth-order valence-corrected chi connectivity index (χ4v) is 3.03. The minimum absolute atomic E-state index is 0.103. The Balaban J connectivity index is 1.86. The lowest BCUT2D eigenvalue weighted by atomic mass is 10.0. The van der Waals surface area contributed by atoms with Gasteiger partial charge in [-0.15, -0.1) is 11.8 Å². The van der Waals surface area contributed by atoms with Gasteiger partial charge in [-0.1, -0.05) is 0 Å². The highest BCUT2D eigenvalue weighted by Crippen LogP contribution is 2.36. The van der Waals surface area contributed by atoms with Crippen molar-refractivity contribution in [3.63, 3.8) is 0 Å². The van der Waals surface area contributed by atoms with Crippen molar-refractivity contribution in [2.45, 2.75) is 18.9 Å². The van der Waals surface area contributed by atoms with E-state index < -0.39 is 6.10 Å². The molecule has 1 unspecified atom stereocenters. The molecule has 6 heteroatoms. The van der Waals surface area contributed by atoms with Gasteiger partial charge in [-0.05, 0) is 39.2 Å². The molecule has 2 rings (SSSR count). The number of H-pyrrole nitrogens is 1. The Hall–Kier alpha value is -1.11. The highest BCUT2D eigenvalue weighted by molar-refractivity contribution is 8.03. The number of aliphatic hydroxyl groups excluding tert-OH is 1. The van der Waals surface area contributed by atoms with Crippen molar-refractivity contribution in [3.8, 4) is 0 Å². The van der Waals surface area contributed by atoms with Crippen LogP contribution in [0.3, 0.4) is 0 Å². The molecule has 0 fully saturated rings. The molecule has 0 radical (unpaired) electrons. The van der Waals surface area contributed by atoms with Gasteiger partial charge in [0.25, 0.3) is 0 Å². The molecule has 0 aliphatic heterocycles. The largest absolute Gasteiger partial charge is 0.383 e. The molecule has 1 aliphatic rings. The van der Waals surface area contributed by atoms with Crippen molar-refractivity contribution in [2.24, 2.45) is 0 Å². The molecule has 0 saturated carbocycles. The first kappa shape index (κ1) is 14.3. The van der Waals surface area contributed by atoms with Gasteiger partial charge >= 0.3 is 0 Å². The average molecular weight is 281 g/mol. The van der Waals surface area contributed by atoms with Gasteiger partial charge in [0, 0.05) is 16.5 Å². The predicted octanol–water partition coefficient (Wildman–Crippen LogP) is 1.60. The van der Waals surface area contributed by atoms with Gasteiger partial charge in [-0.2, -0.15) is 5.10 Å². The molecule has 1 aromatic heterocycles. The highest BCUT2D eigenvalue weighted by Gasteiger charge is 2.27. The van der Waals surface area contributed by atoms with E-state index >= 15 is 0 Å². The second kappa shape index (κ2) is 6.36. The smallest absolute Gasteiger partial charge is 0.204 e. The normalized spacial score (nSPS) is 18.6. The van der Waals surface area contributed by atoms with E-state index in [4.69, 9.17) is 0 Å². The van der Waals surface area contributed by atoms with Gasteiger partial charge in [-0.25, -0.2) is 0 Å². The van der Waals surface area contributed by atoms with E-state index in [-0.39, 0.29) is 5.78 Å². The Morgan fingerprint density at radius 1 is 1.47 bits per heavy atom. The number of hydrogen-bond donors (Lipinski definition) is 2. The predicted molar refractivity (Wildman–Crippen MR) is 76.2 cm³/mol. The van der Waals surface area contributed by atoms with Crippen LogP contribution in [0.2, 0.25) is 0 Å². The Kier molecular flexibility index (Phi) is 4.79. The van der Waals surface area contributed by atoms with Crippen molar-refractivity contribution in [2.75, 3.05) is 26.4 Å². The van der Waals surface area contributed by atoms with Crippen LogP contribution in [0.4, 0.5) is 0 Å². The maximum Gasteiger partial charge on any atom is 0.204 e. The molecular weight excluding hydrogens is 262 g/mol. The van der Waals surface area contributed by atoms with Crippen LogP contribution in [0.1, 0.15) is 35.0 Å². The summed E-state index contributed by atoms with van der Waals surface area (Å²) in [5, 5.41) is 16.6. The van der Waals surface area contributed by atoms with E-state index in [9.17, 15) is 9.90 Å². The van der Waals surface area contributed by atoms with Gasteiger partial charge in [0.15, 0.2) is 0 Å². The Morgan fingerprint density at radius 2 is 2.26 bits per heavy atom. The number of aromatic nitrogens is 2. The van der Waals surface area contributed by atoms with E-state index in [1.54, 1.807) is 11.8 Å². The summed E-state index contributed by atoms with van der Waals surface area (Å²) in [6.45, 7) is 1.06. The van der Waals surface area contributed by atoms with E-state index in [1.807, 2.05) is 0 Å². The fraction of sp³-hybridized carbons (Fsp3) is 0.538. The second-order valence-electron chi connectivity index (χ2n) is 4.87. The summed E-state index contributed by atoms with van der Waals surface area (Å²) in [4.78, 5) is 14.7. The number of carbonyl (C=O) groups excluding carboxylic acids is 1. The number of aromatic amines is 1. The Bertz CT molecular complexity index is 482. The molecular formula is C13H19N3O2S. The number of rotatable bonds is 6.